The summed E-state index contributed by atoms with van der Waals surface area (Å²) in [4.78, 5) is 18.8. The van der Waals surface area contributed by atoms with Gasteiger partial charge in [0.2, 0.25) is 0 Å². The van der Waals surface area contributed by atoms with Gasteiger partial charge in [-0.2, -0.15) is 0 Å². The summed E-state index contributed by atoms with van der Waals surface area (Å²) in [6, 6.07) is 3.70. The van der Waals surface area contributed by atoms with E-state index in [1.54, 1.807) is 4.90 Å². The van der Waals surface area contributed by atoms with Crippen LogP contribution in [0.2, 0.25) is 0 Å². The first-order valence-corrected chi connectivity index (χ1v) is 7.66. The number of nitrogens with zero attached hydrogens (tertiary/aromatic N) is 2. The number of rotatable bonds is 5. The van der Waals surface area contributed by atoms with E-state index in [2.05, 4.69) is 10.3 Å². The van der Waals surface area contributed by atoms with Crippen LogP contribution in [-0.4, -0.2) is 49.6 Å². The zero-order valence-corrected chi connectivity index (χ0v) is 13.2. The lowest BCUT2D eigenvalue weighted by Gasteiger charge is -2.27. The molecule has 1 amide bonds. The van der Waals surface area contributed by atoms with Crippen LogP contribution in [0.3, 0.4) is 0 Å². The van der Waals surface area contributed by atoms with E-state index in [4.69, 9.17) is 4.74 Å². The maximum Gasteiger partial charge on any atom is 0.253 e. The second kappa shape index (κ2) is 7.41. The highest BCUT2D eigenvalue weighted by Crippen LogP contribution is 2.17. The van der Waals surface area contributed by atoms with E-state index in [-0.39, 0.29) is 5.91 Å². The van der Waals surface area contributed by atoms with Gasteiger partial charge in [-0.15, -0.1) is 0 Å². The number of amides is 1. The molecular formula is C16H25N3O2. The molecule has 1 aliphatic rings. The van der Waals surface area contributed by atoms with Crippen molar-refractivity contribution in [2.24, 2.45) is 5.92 Å². The number of aromatic nitrogens is 1. The predicted molar refractivity (Wildman–Crippen MR) is 83.7 cm³/mol. The maximum atomic E-state index is 12.6. The van der Waals surface area contributed by atoms with Gasteiger partial charge in [0, 0.05) is 38.5 Å². The second-order valence-electron chi connectivity index (χ2n) is 5.60. The molecule has 1 aromatic rings. The fourth-order valence-electron chi connectivity index (χ4n) is 2.66. The molecule has 1 aliphatic heterocycles. The van der Waals surface area contributed by atoms with E-state index in [0.717, 1.165) is 50.5 Å². The lowest BCUT2D eigenvalue weighted by atomic mass is 10.0. The van der Waals surface area contributed by atoms with Gasteiger partial charge in [0.15, 0.2) is 0 Å². The predicted octanol–water partition coefficient (Wildman–Crippen LogP) is 2.18. The number of ether oxygens (including phenoxy) is 1. The molecule has 0 saturated carbocycles. The summed E-state index contributed by atoms with van der Waals surface area (Å²) < 4.78 is 5.48. The van der Waals surface area contributed by atoms with E-state index in [1.807, 2.05) is 33.2 Å². The smallest absolute Gasteiger partial charge is 0.253 e. The van der Waals surface area contributed by atoms with Crippen molar-refractivity contribution in [1.29, 1.82) is 0 Å². The highest BCUT2D eigenvalue weighted by molar-refractivity contribution is 5.94. The average molecular weight is 291 g/mol. The first-order valence-electron chi connectivity index (χ1n) is 7.66. The molecular weight excluding hydrogens is 266 g/mol. The van der Waals surface area contributed by atoms with E-state index >= 15 is 0 Å². The number of carbonyl (C=O) groups excluding carboxylic acids is 1. The number of aryl methyl sites for hydroxylation is 1. The first-order chi connectivity index (χ1) is 10.1. The van der Waals surface area contributed by atoms with Gasteiger partial charge in [-0.1, -0.05) is 6.92 Å². The van der Waals surface area contributed by atoms with Crippen molar-refractivity contribution in [3.63, 3.8) is 0 Å². The topological polar surface area (TPSA) is 54.5 Å². The molecule has 0 aromatic carbocycles. The Bertz CT molecular complexity index is 462. The Labute approximate surface area is 126 Å². The van der Waals surface area contributed by atoms with E-state index in [9.17, 15) is 4.79 Å². The minimum Gasteiger partial charge on any atom is -0.381 e. The SMILES string of the molecule is CCc1cc(C(=O)N(C)CC2CCCOC2)cc(NC)n1. The molecule has 1 unspecified atom stereocenters. The van der Waals surface area contributed by atoms with Crippen molar-refractivity contribution in [2.75, 3.05) is 39.2 Å². The number of nitrogens with one attached hydrogen (secondary N) is 1. The molecule has 0 bridgehead atoms. The molecule has 2 heterocycles. The van der Waals surface area contributed by atoms with Crippen molar-refractivity contribution in [1.82, 2.24) is 9.88 Å². The van der Waals surface area contributed by atoms with Crippen LogP contribution < -0.4 is 5.32 Å². The van der Waals surface area contributed by atoms with Gasteiger partial charge in [0.25, 0.3) is 5.91 Å². The van der Waals surface area contributed by atoms with Crippen molar-refractivity contribution in [3.05, 3.63) is 23.4 Å². The maximum absolute atomic E-state index is 12.6. The molecule has 1 fully saturated rings. The van der Waals surface area contributed by atoms with Gasteiger partial charge < -0.3 is 15.0 Å². The Morgan fingerprint density at radius 3 is 2.95 bits per heavy atom. The summed E-state index contributed by atoms with van der Waals surface area (Å²) in [6.07, 6.45) is 3.04. The van der Waals surface area contributed by atoms with Gasteiger partial charge in [-0.25, -0.2) is 4.98 Å². The third-order valence-corrected chi connectivity index (χ3v) is 3.88. The van der Waals surface area contributed by atoms with Crippen LogP contribution in [-0.2, 0) is 11.2 Å². The molecule has 5 nitrogen and oxygen atoms in total. The third kappa shape index (κ3) is 4.17. The highest BCUT2D eigenvalue weighted by atomic mass is 16.5. The fraction of sp³-hybridized carbons (Fsp3) is 0.625. The molecule has 1 atom stereocenters. The summed E-state index contributed by atoms with van der Waals surface area (Å²) in [5.41, 5.74) is 1.63. The number of carbonyl (C=O) groups is 1. The zero-order valence-electron chi connectivity index (χ0n) is 13.2. The highest BCUT2D eigenvalue weighted by Gasteiger charge is 2.20. The summed E-state index contributed by atoms with van der Waals surface area (Å²) >= 11 is 0. The molecule has 116 valence electrons. The molecule has 21 heavy (non-hydrogen) atoms. The van der Waals surface area contributed by atoms with Gasteiger partial charge in [-0.05, 0) is 37.3 Å². The summed E-state index contributed by atoms with van der Waals surface area (Å²) in [5, 5.41) is 3.02. The largest absolute Gasteiger partial charge is 0.381 e. The van der Waals surface area contributed by atoms with Crippen molar-refractivity contribution in [2.45, 2.75) is 26.2 Å². The van der Waals surface area contributed by atoms with E-state index < -0.39 is 0 Å². The van der Waals surface area contributed by atoms with Crippen molar-refractivity contribution in [3.8, 4) is 0 Å². The Hall–Kier alpha value is -1.62. The van der Waals surface area contributed by atoms with E-state index in [0.29, 0.717) is 11.5 Å². The standard InChI is InChI=1S/C16H25N3O2/c1-4-14-8-13(9-15(17-2)18-14)16(20)19(3)10-12-6-5-7-21-11-12/h8-9,12H,4-7,10-11H2,1-3H3,(H,17,18). The van der Waals surface area contributed by atoms with Crippen molar-refractivity contribution < 1.29 is 9.53 Å². The van der Waals surface area contributed by atoms with Crippen LogP contribution in [0.15, 0.2) is 12.1 Å². The number of hydrogen-bond donors (Lipinski definition) is 1. The molecule has 1 N–H and O–H groups in total. The Morgan fingerprint density at radius 1 is 1.52 bits per heavy atom. The molecule has 1 saturated heterocycles. The van der Waals surface area contributed by atoms with Crippen LogP contribution in [0.4, 0.5) is 5.82 Å². The third-order valence-electron chi connectivity index (χ3n) is 3.88. The Kier molecular flexibility index (Phi) is 5.56. The fourth-order valence-corrected chi connectivity index (χ4v) is 2.66. The summed E-state index contributed by atoms with van der Waals surface area (Å²) in [5.74, 6) is 1.24. The van der Waals surface area contributed by atoms with Gasteiger partial charge in [-0.3, -0.25) is 4.79 Å². The Balaban J connectivity index is 2.07. The lowest BCUT2D eigenvalue weighted by molar-refractivity contribution is 0.0388. The minimum atomic E-state index is 0.0502. The van der Waals surface area contributed by atoms with Gasteiger partial charge in [0.1, 0.15) is 5.82 Å². The molecule has 0 aliphatic carbocycles. The quantitative estimate of drug-likeness (QED) is 0.903. The van der Waals surface area contributed by atoms with Gasteiger partial charge >= 0.3 is 0 Å². The lowest BCUT2D eigenvalue weighted by Crippen LogP contribution is -2.35. The number of anilines is 1. The molecule has 1 aromatic heterocycles. The van der Waals surface area contributed by atoms with Crippen LogP contribution >= 0.6 is 0 Å². The van der Waals surface area contributed by atoms with Crippen LogP contribution in [0.5, 0.6) is 0 Å². The first kappa shape index (κ1) is 15.8. The van der Waals surface area contributed by atoms with Crippen LogP contribution in [0.1, 0.15) is 35.8 Å². The molecule has 0 radical (unpaired) electrons. The average Bonchev–Trinajstić information content (AvgIpc) is 2.54. The second-order valence-corrected chi connectivity index (χ2v) is 5.60. The summed E-state index contributed by atoms with van der Waals surface area (Å²) in [6.45, 7) is 4.40. The molecule has 2 rings (SSSR count). The normalized spacial score (nSPS) is 18.3. The molecule has 5 heteroatoms. The number of hydrogen-bond acceptors (Lipinski definition) is 4. The number of pyridine rings is 1. The van der Waals surface area contributed by atoms with Gasteiger partial charge in [0.05, 0.1) is 6.61 Å². The van der Waals surface area contributed by atoms with Crippen LogP contribution in [0, 0.1) is 5.92 Å². The van der Waals surface area contributed by atoms with Crippen LogP contribution in [0.25, 0.3) is 0 Å². The zero-order chi connectivity index (χ0) is 15.2. The Morgan fingerprint density at radius 2 is 2.33 bits per heavy atom. The molecule has 0 spiro atoms. The van der Waals surface area contributed by atoms with Crippen molar-refractivity contribution >= 4 is 11.7 Å². The summed E-state index contributed by atoms with van der Waals surface area (Å²) in [7, 11) is 3.68. The minimum absolute atomic E-state index is 0.0502. The monoisotopic (exact) mass is 291 g/mol. The van der Waals surface area contributed by atoms with E-state index in [1.165, 1.54) is 0 Å².